The van der Waals surface area contributed by atoms with Gasteiger partial charge in [0, 0.05) is 32.2 Å². The maximum absolute atomic E-state index is 4.79. The molecule has 0 aliphatic carbocycles. The maximum Gasteiger partial charge on any atom is 0.191 e. The third kappa shape index (κ3) is 9.25. The standard InChI is InChI=1S/C22H39N5/c1-4-23-22(25-20(2)12-13-21-10-6-5-7-11-21)24-14-8-16-27-17-9-15-26(3)18-19-27/h5-7,10-11,20H,4,8-9,12-19H2,1-3H3,(H2,23,24,25). The first-order valence-electron chi connectivity index (χ1n) is 10.7. The average molecular weight is 374 g/mol. The van der Waals surface area contributed by atoms with Gasteiger partial charge in [0.2, 0.25) is 0 Å². The van der Waals surface area contributed by atoms with E-state index in [9.17, 15) is 0 Å². The molecule has 2 N–H and O–H groups in total. The topological polar surface area (TPSA) is 42.9 Å². The van der Waals surface area contributed by atoms with Crippen molar-refractivity contribution >= 4 is 5.96 Å². The number of hydrogen-bond acceptors (Lipinski definition) is 3. The largest absolute Gasteiger partial charge is 0.357 e. The normalized spacial score (nSPS) is 18.1. The minimum Gasteiger partial charge on any atom is -0.357 e. The summed E-state index contributed by atoms with van der Waals surface area (Å²) in [6.45, 7) is 12.1. The molecular formula is C22H39N5. The fourth-order valence-corrected chi connectivity index (χ4v) is 3.46. The molecule has 1 unspecified atom stereocenters. The lowest BCUT2D eigenvalue weighted by atomic mass is 10.1. The maximum atomic E-state index is 4.79. The zero-order chi connectivity index (χ0) is 19.3. The summed E-state index contributed by atoms with van der Waals surface area (Å²) in [5.41, 5.74) is 1.40. The summed E-state index contributed by atoms with van der Waals surface area (Å²) in [4.78, 5) is 9.81. The lowest BCUT2D eigenvalue weighted by Gasteiger charge is -2.20. The van der Waals surface area contributed by atoms with Crippen molar-refractivity contribution in [1.29, 1.82) is 0 Å². The van der Waals surface area contributed by atoms with E-state index in [2.05, 4.69) is 71.7 Å². The van der Waals surface area contributed by atoms with Crippen LogP contribution in [0.4, 0.5) is 0 Å². The zero-order valence-corrected chi connectivity index (χ0v) is 17.6. The zero-order valence-electron chi connectivity index (χ0n) is 17.6. The van der Waals surface area contributed by atoms with E-state index in [0.717, 1.165) is 44.9 Å². The van der Waals surface area contributed by atoms with Crippen LogP contribution in [0.2, 0.25) is 0 Å². The van der Waals surface area contributed by atoms with Gasteiger partial charge in [-0.05, 0) is 71.8 Å². The highest BCUT2D eigenvalue weighted by atomic mass is 15.2. The molecule has 0 radical (unpaired) electrons. The van der Waals surface area contributed by atoms with Crippen LogP contribution < -0.4 is 10.6 Å². The van der Waals surface area contributed by atoms with Crippen molar-refractivity contribution in [2.75, 3.05) is 52.9 Å². The number of guanidine groups is 1. The van der Waals surface area contributed by atoms with Crippen LogP contribution in [0.25, 0.3) is 0 Å². The molecule has 1 heterocycles. The minimum atomic E-state index is 0.407. The van der Waals surface area contributed by atoms with Gasteiger partial charge in [-0.3, -0.25) is 4.99 Å². The van der Waals surface area contributed by atoms with Crippen LogP contribution in [0.5, 0.6) is 0 Å². The molecule has 0 saturated carbocycles. The summed E-state index contributed by atoms with van der Waals surface area (Å²) in [5, 5.41) is 6.95. The molecule has 2 rings (SSSR count). The van der Waals surface area contributed by atoms with Gasteiger partial charge in [0.25, 0.3) is 0 Å². The number of nitrogens with one attached hydrogen (secondary N) is 2. The van der Waals surface area contributed by atoms with Crippen molar-refractivity contribution in [2.45, 2.75) is 45.6 Å². The molecule has 1 atom stereocenters. The molecule has 1 aromatic carbocycles. The molecule has 5 nitrogen and oxygen atoms in total. The molecule has 0 aromatic heterocycles. The van der Waals surface area contributed by atoms with Gasteiger partial charge in [0.1, 0.15) is 0 Å². The molecule has 0 spiro atoms. The molecule has 1 fully saturated rings. The van der Waals surface area contributed by atoms with E-state index < -0.39 is 0 Å². The molecule has 1 aliphatic heterocycles. The molecule has 5 heteroatoms. The number of hydrogen-bond donors (Lipinski definition) is 2. The van der Waals surface area contributed by atoms with E-state index in [1.807, 2.05) is 0 Å². The Kier molecular flexibility index (Phi) is 10.2. The number of nitrogens with zero attached hydrogens (tertiary/aromatic N) is 3. The van der Waals surface area contributed by atoms with Crippen molar-refractivity contribution in [2.24, 2.45) is 4.99 Å². The first kappa shape index (κ1) is 21.7. The van der Waals surface area contributed by atoms with Gasteiger partial charge in [-0.1, -0.05) is 30.3 Å². The van der Waals surface area contributed by atoms with E-state index >= 15 is 0 Å². The van der Waals surface area contributed by atoms with Crippen molar-refractivity contribution in [3.05, 3.63) is 35.9 Å². The van der Waals surface area contributed by atoms with Crippen molar-refractivity contribution in [1.82, 2.24) is 20.4 Å². The van der Waals surface area contributed by atoms with Crippen LogP contribution in [-0.4, -0.2) is 74.7 Å². The minimum absolute atomic E-state index is 0.407. The van der Waals surface area contributed by atoms with E-state index in [1.165, 1.54) is 38.2 Å². The second-order valence-corrected chi connectivity index (χ2v) is 7.68. The third-order valence-electron chi connectivity index (χ3n) is 5.15. The van der Waals surface area contributed by atoms with Crippen LogP contribution in [0, 0.1) is 0 Å². The molecular weight excluding hydrogens is 334 g/mol. The number of aliphatic imine (C=N–C) groups is 1. The average Bonchev–Trinajstić information content (AvgIpc) is 2.89. The summed E-state index contributed by atoms with van der Waals surface area (Å²) in [6.07, 6.45) is 4.61. The van der Waals surface area contributed by atoms with Crippen LogP contribution in [-0.2, 0) is 6.42 Å². The lowest BCUT2D eigenvalue weighted by Crippen LogP contribution is -2.42. The highest BCUT2D eigenvalue weighted by Crippen LogP contribution is 2.05. The third-order valence-corrected chi connectivity index (χ3v) is 5.15. The first-order chi connectivity index (χ1) is 13.2. The number of aryl methyl sites for hydroxylation is 1. The predicted octanol–water partition coefficient (Wildman–Crippen LogP) is 2.59. The Balaban J connectivity index is 1.69. The first-order valence-corrected chi connectivity index (χ1v) is 10.7. The molecule has 1 aromatic rings. The smallest absolute Gasteiger partial charge is 0.191 e. The highest BCUT2D eigenvalue weighted by molar-refractivity contribution is 5.80. The van der Waals surface area contributed by atoms with Gasteiger partial charge in [-0.15, -0.1) is 0 Å². The van der Waals surface area contributed by atoms with Crippen molar-refractivity contribution in [3.63, 3.8) is 0 Å². The Hall–Kier alpha value is -1.59. The molecule has 1 aliphatic rings. The van der Waals surface area contributed by atoms with Crippen LogP contribution in [0.15, 0.2) is 35.3 Å². The predicted molar refractivity (Wildman–Crippen MR) is 117 cm³/mol. The molecule has 0 amide bonds. The van der Waals surface area contributed by atoms with E-state index in [1.54, 1.807) is 0 Å². The Labute approximate surface area is 166 Å². The van der Waals surface area contributed by atoms with Gasteiger partial charge in [-0.2, -0.15) is 0 Å². The van der Waals surface area contributed by atoms with Gasteiger partial charge in [0.05, 0.1) is 0 Å². The summed E-state index contributed by atoms with van der Waals surface area (Å²) in [5.74, 6) is 0.952. The number of rotatable bonds is 9. The summed E-state index contributed by atoms with van der Waals surface area (Å²) in [6, 6.07) is 11.1. The Bertz CT molecular complexity index is 531. The fraction of sp³-hybridized carbons (Fsp3) is 0.682. The highest BCUT2D eigenvalue weighted by Gasteiger charge is 2.11. The fourth-order valence-electron chi connectivity index (χ4n) is 3.46. The quantitative estimate of drug-likeness (QED) is 0.397. The van der Waals surface area contributed by atoms with Gasteiger partial charge in [-0.25, -0.2) is 0 Å². The molecule has 27 heavy (non-hydrogen) atoms. The molecule has 0 bridgehead atoms. The van der Waals surface area contributed by atoms with E-state index in [-0.39, 0.29) is 0 Å². The van der Waals surface area contributed by atoms with Gasteiger partial charge < -0.3 is 20.4 Å². The molecule has 1 saturated heterocycles. The summed E-state index contributed by atoms with van der Waals surface area (Å²) >= 11 is 0. The van der Waals surface area contributed by atoms with Crippen LogP contribution in [0.3, 0.4) is 0 Å². The lowest BCUT2D eigenvalue weighted by molar-refractivity contribution is 0.275. The Morgan fingerprint density at radius 2 is 1.96 bits per heavy atom. The number of likely N-dealkylation sites (N-methyl/N-ethyl adjacent to an activating group) is 1. The SMILES string of the molecule is CCNC(=NCCCN1CCCN(C)CC1)NC(C)CCc1ccccc1. The van der Waals surface area contributed by atoms with Crippen LogP contribution in [0.1, 0.15) is 38.7 Å². The second kappa shape index (κ2) is 12.7. The molecule has 152 valence electrons. The van der Waals surface area contributed by atoms with Crippen molar-refractivity contribution < 1.29 is 0 Å². The summed E-state index contributed by atoms with van der Waals surface area (Å²) < 4.78 is 0. The monoisotopic (exact) mass is 373 g/mol. The Morgan fingerprint density at radius 1 is 1.15 bits per heavy atom. The Morgan fingerprint density at radius 3 is 2.74 bits per heavy atom. The number of benzene rings is 1. The van der Waals surface area contributed by atoms with E-state index in [0.29, 0.717) is 6.04 Å². The second-order valence-electron chi connectivity index (χ2n) is 7.68. The summed E-state index contributed by atoms with van der Waals surface area (Å²) in [7, 11) is 2.22. The van der Waals surface area contributed by atoms with Gasteiger partial charge in [0.15, 0.2) is 5.96 Å². The van der Waals surface area contributed by atoms with E-state index in [4.69, 9.17) is 4.99 Å². The van der Waals surface area contributed by atoms with Gasteiger partial charge >= 0.3 is 0 Å². The van der Waals surface area contributed by atoms with Crippen LogP contribution >= 0.6 is 0 Å². The van der Waals surface area contributed by atoms with Crippen molar-refractivity contribution in [3.8, 4) is 0 Å².